The largest absolute Gasteiger partial charge is 0.269 e. The number of benzene rings is 1. The van der Waals surface area contributed by atoms with Crippen LogP contribution >= 0.6 is 11.8 Å². The third kappa shape index (κ3) is 4.34. The predicted octanol–water partition coefficient (Wildman–Crippen LogP) is 3.73. The Morgan fingerprint density at radius 2 is 1.80 bits per heavy atom. The molecule has 1 aromatic carbocycles. The molecule has 0 amide bonds. The maximum absolute atomic E-state index is 10.4. The summed E-state index contributed by atoms with van der Waals surface area (Å²) in [5, 5.41) is 10.4. The van der Waals surface area contributed by atoms with Crippen molar-refractivity contribution in [1.29, 1.82) is 0 Å². The van der Waals surface area contributed by atoms with Crippen molar-refractivity contribution < 1.29 is 4.92 Å². The molecule has 0 aliphatic rings. The molecule has 0 saturated heterocycles. The summed E-state index contributed by atoms with van der Waals surface area (Å²) < 4.78 is 0. The fourth-order valence-corrected chi connectivity index (χ4v) is 1.89. The van der Waals surface area contributed by atoms with Gasteiger partial charge in [-0.2, -0.15) is 0 Å². The third-order valence-corrected chi connectivity index (χ3v) is 3.34. The van der Waals surface area contributed by atoms with Gasteiger partial charge in [0.1, 0.15) is 0 Å². The fourth-order valence-electron chi connectivity index (χ4n) is 0.964. The summed E-state index contributed by atoms with van der Waals surface area (Å²) in [6, 6.07) is 6.69. The fraction of sp³-hybridized carbons (Fsp3) is 0.455. The van der Waals surface area contributed by atoms with Crippen molar-refractivity contribution in [2.24, 2.45) is 5.41 Å². The first-order chi connectivity index (χ1) is 6.88. The lowest BCUT2D eigenvalue weighted by Gasteiger charge is -2.16. The molecule has 3 nitrogen and oxygen atoms in total. The molecule has 0 unspecified atom stereocenters. The van der Waals surface area contributed by atoms with Gasteiger partial charge in [-0.3, -0.25) is 10.1 Å². The van der Waals surface area contributed by atoms with Gasteiger partial charge in [0.15, 0.2) is 0 Å². The second kappa shape index (κ2) is 4.66. The van der Waals surface area contributed by atoms with E-state index in [1.807, 2.05) is 0 Å². The molecular formula is C11H15NO2S. The molecule has 0 aromatic heterocycles. The quantitative estimate of drug-likeness (QED) is 0.447. The topological polar surface area (TPSA) is 43.1 Å². The van der Waals surface area contributed by atoms with Crippen LogP contribution in [0.2, 0.25) is 0 Å². The Morgan fingerprint density at radius 3 is 2.20 bits per heavy atom. The molecule has 0 atom stereocenters. The minimum atomic E-state index is -0.377. The molecular weight excluding hydrogens is 210 g/mol. The smallest absolute Gasteiger partial charge is 0.258 e. The lowest BCUT2D eigenvalue weighted by atomic mass is 10.0. The number of thioether (sulfide) groups is 1. The highest BCUT2D eigenvalue weighted by Crippen LogP contribution is 2.27. The van der Waals surface area contributed by atoms with Crippen molar-refractivity contribution in [2.75, 3.05) is 5.75 Å². The van der Waals surface area contributed by atoms with Crippen LogP contribution in [0.25, 0.3) is 0 Å². The Hall–Kier alpha value is -1.03. The van der Waals surface area contributed by atoms with Gasteiger partial charge < -0.3 is 0 Å². The maximum atomic E-state index is 10.4. The number of rotatable bonds is 3. The van der Waals surface area contributed by atoms with Crippen molar-refractivity contribution in [1.82, 2.24) is 0 Å². The highest BCUT2D eigenvalue weighted by Gasteiger charge is 2.11. The van der Waals surface area contributed by atoms with Gasteiger partial charge in [-0.05, 0) is 17.5 Å². The Labute approximate surface area is 94.0 Å². The van der Waals surface area contributed by atoms with Crippen LogP contribution in [0.1, 0.15) is 20.8 Å². The molecule has 0 saturated carbocycles. The van der Waals surface area contributed by atoms with Crippen molar-refractivity contribution in [3.63, 3.8) is 0 Å². The summed E-state index contributed by atoms with van der Waals surface area (Å²) in [5.74, 6) is 1.00. The molecule has 0 spiro atoms. The van der Waals surface area contributed by atoms with Gasteiger partial charge in [0, 0.05) is 22.8 Å². The van der Waals surface area contributed by atoms with Gasteiger partial charge in [0.2, 0.25) is 0 Å². The van der Waals surface area contributed by atoms with Crippen LogP contribution < -0.4 is 0 Å². The number of hydrogen-bond donors (Lipinski definition) is 0. The van der Waals surface area contributed by atoms with E-state index in [2.05, 4.69) is 20.8 Å². The zero-order chi connectivity index (χ0) is 11.5. The van der Waals surface area contributed by atoms with Gasteiger partial charge in [-0.25, -0.2) is 0 Å². The van der Waals surface area contributed by atoms with Crippen LogP contribution in [-0.4, -0.2) is 10.7 Å². The zero-order valence-corrected chi connectivity index (χ0v) is 10.0. The molecule has 0 aliphatic heterocycles. The first-order valence-electron chi connectivity index (χ1n) is 4.76. The van der Waals surface area contributed by atoms with Crippen molar-refractivity contribution in [3.05, 3.63) is 34.4 Å². The molecule has 1 aromatic rings. The molecule has 0 aliphatic carbocycles. The second-order valence-electron chi connectivity index (χ2n) is 4.60. The van der Waals surface area contributed by atoms with Crippen LogP contribution in [0.5, 0.6) is 0 Å². The summed E-state index contributed by atoms with van der Waals surface area (Å²) in [5.41, 5.74) is 0.419. The number of nitro benzene ring substituents is 1. The van der Waals surface area contributed by atoms with Gasteiger partial charge in [-0.1, -0.05) is 20.8 Å². The highest BCUT2D eigenvalue weighted by molar-refractivity contribution is 7.99. The van der Waals surface area contributed by atoms with Crippen LogP contribution in [0, 0.1) is 15.5 Å². The first kappa shape index (κ1) is 12.0. The molecule has 0 fully saturated rings. The van der Waals surface area contributed by atoms with Gasteiger partial charge in [-0.15, -0.1) is 11.8 Å². The molecule has 4 heteroatoms. The summed E-state index contributed by atoms with van der Waals surface area (Å²) in [6.07, 6.45) is 0. The van der Waals surface area contributed by atoms with E-state index in [9.17, 15) is 10.1 Å². The minimum absolute atomic E-state index is 0.148. The summed E-state index contributed by atoms with van der Waals surface area (Å²) in [4.78, 5) is 11.1. The van der Waals surface area contributed by atoms with E-state index in [0.29, 0.717) is 0 Å². The maximum Gasteiger partial charge on any atom is 0.269 e. The van der Waals surface area contributed by atoms with E-state index in [1.54, 1.807) is 36.0 Å². The Morgan fingerprint density at radius 1 is 1.27 bits per heavy atom. The van der Waals surface area contributed by atoms with E-state index in [-0.39, 0.29) is 16.0 Å². The van der Waals surface area contributed by atoms with E-state index in [0.717, 1.165) is 10.6 Å². The average molecular weight is 225 g/mol. The number of non-ortho nitro benzene ring substituents is 1. The number of nitrogens with zero attached hydrogens (tertiary/aromatic N) is 1. The molecule has 0 bridgehead atoms. The Balaban J connectivity index is 2.61. The summed E-state index contributed by atoms with van der Waals surface area (Å²) >= 11 is 1.73. The molecule has 1 rings (SSSR count). The molecule has 0 radical (unpaired) electrons. The highest BCUT2D eigenvalue weighted by atomic mass is 32.2. The van der Waals surface area contributed by atoms with Crippen LogP contribution in [-0.2, 0) is 0 Å². The van der Waals surface area contributed by atoms with Gasteiger partial charge in [0.05, 0.1) is 4.92 Å². The molecule has 0 N–H and O–H groups in total. The number of hydrogen-bond acceptors (Lipinski definition) is 3. The summed E-state index contributed by atoms with van der Waals surface area (Å²) in [6.45, 7) is 6.52. The van der Waals surface area contributed by atoms with Gasteiger partial charge >= 0.3 is 0 Å². The van der Waals surface area contributed by atoms with E-state index < -0.39 is 0 Å². The lowest BCUT2D eigenvalue weighted by molar-refractivity contribution is -0.384. The van der Waals surface area contributed by atoms with E-state index in [1.165, 1.54) is 0 Å². The Bertz CT molecular complexity index is 341. The van der Waals surface area contributed by atoms with Crippen LogP contribution in [0.4, 0.5) is 5.69 Å². The van der Waals surface area contributed by atoms with E-state index in [4.69, 9.17) is 0 Å². The SMILES string of the molecule is CC(C)(C)CSc1ccc([N+](=O)[O-])cc1. The first-order valence-corrected chi connectivity index (χ1v) is 5.74. The molecule has 0 heterocycles. The summed E-state index contributed by atoms with van der Waals surface area (Å²) in [7, 11) is 0. The Kier molecular flexibility index (Phi) is 3.74. The lowest BCUT2D eigenvalue weighted by Crippen LogP contribution is -2.07. The zero-order valence-electron chi connectivity index (χ0n) is 9.19. The monoisotopic (exact) mass is 225 g/mol. The molecule has 82 valence electrons. The second-order valence-corrected chi connectivity index (χ2v) is 5.65. The minimum Gasteiger partial charge on any atom is -0.258 e. The van der Waals surface area contributed by atoms with Crippen molar-refractivity contribution >= 4 is 17.4 Å². The van der Waals surface area contributed by atoms with Crippen LogP contribution in [0.15, 0.2) is 29.2 Å². The number of nitro groups is 1. The van der Waals surface area contributed by atoms with Gasteiger partial charge in [0.25, 0.3) is 5.69 Å². The standard InChI is InChI=1S/C11H15NO2S/c1-11(2,3)8-15-10-6-4-9(5-7-10)12(13)14/h4-7H,8H2,1-3H3. The molecule has 15 heavy (non-hydrogen) atoms. The average Bonchev–Trinajstić information content (AvgIpc) is 2.14. The van der Waals surface area contributed by atoms with Crippen molar-refractivity contribution in [3.8, 4) is 0 Å². The predicted molar refractivity (Wildman–Crippen MR) is 63.3 cm³/mol. The van der Waals surface area contributed by atoms with E-state index >= 15 is 0 Å². The van der Waals surface area contributed by atoms with Crippen LogP contribution in [0.3, 0.4) is 0 Å². The van der Waals surface area contributed by atoms with Crippen molar-refractivity contribution in [2.45, 2.75) is 25.7 Å². The third-order valence-electron chi connectivity index (χ3n) is 1.72. The normalized spacial score (nSPS) is 11.4.